The highest BCUT2D eigenvalue weighted by molar-refractivity contribution is 5.89. The molecule has 0 amide bonds. The zero-order valence-electron chi connectivity index (χ0n) is 12.3. The Kier molecular flexibility index (Phi) is 6.64. The molecular weight excluding hydrogens is 258 g/mol. The molecule has 0 aliphatic carbocycles. The molecule has 20 heavy (non-hydrogen) atoms. The SMILES string of the molecule is CCOC(=O)c1ccc(C(CN)(OCC)OCC)cc1. The molecule has 0 aliphatic rings. The lowest BCUT2D eigenvalue weighted by Crippen LogP contribution is -2.41. The molecular formula is C15H23NO4. The molecule has 0 radical (unpaired) electrons. The molecule has 0 aromatic heterocycles. The number of rotatable bonds is 8. The van der Waals surface area contributed by atoms with E-state index in [2.05, 4.69) is 0 Å². The quantitative estimate of drug-likeness (QED) is 0.583. The van der Waals surface area contributed by atoms with E-state index in [1.807, 2.05) is 13.8 Å². The molecule has 0 saturated heterocycles. The second-order valence-electron chi connectivity index (χ2n) is 4.12. The number of carbonyl (C=O) groups excluding carboxylic acids is 1. The van der Waals surface area contributed by atoms with Crippen molar-refractivity contribution in [3.63, 3.8) is 0 Å². The van der Waals surface area contributed by atoms with E-state index in [4.69, 9.17) is 19.9 Å². The molecule has 0 unspecified atom stereocenters. The van der Waals surface area contributed by atoms with Crippen LogP contribution in [0.3, 0.4) is 0 Å². The van der Waals surface area contributed by atoms with Crippen LogP contribution >= 0.6 is 0 Å². The highest BCUT2D eigenvalue weighted by atomic mass is 16.7. The molecule has 112 valence electrons. The van der Waals surface area contributed by atoms with Crippen molar-refractivity contribution in [3.05, 3.63) is 35.4 Å². The van der Waals surface area contributed by atoms with Crippen LogP contribution in [0.15, 0.2) is 24.3 Å². The summed E-state index contributed by atoms with van der Waals surface area (Å²) in [5.41, 5.74) is 7.10. The maximum atomic E-state index is 11.6. The van der Waals surface area contributed by atoms with Crippen molar-refractivity contribution >= 4 is 5.97 Å². The Balaban J connectivity index is 3.01. The van der Waals surface area contributed by atoms with Gasteiger partial charge >= 0.3 is 5.97 Å². The predicted octanol–water partition coefficient (Wildman–Crippen LogP) is 2.05. The monoisotopic (exact) mass is 281 g/mol. The van der Waals surface area contributed by atoms with E-state index >= 15 is 0 Å². The fraction of sp³-hybridized carbons (Fsp3) is 0.533. The fourth-order valence-corrected chi connectivity index (χ4v) is 1.99. The molecule has 5 nitrogen and oxygen atoms in total. The van der Waals surface area contributed by atoms with E-state index in [-0.39, 0.29) is 12.5 Å². The van der Waals surface area contributed by atoms with Crippen LogP contribution in [0.5, 0.6) is 0 Å². The van der Waals surface area contributed by atoms with Gasteiger partial charge < -0.3 is 19.9 Å². The second-order valence-corrected chi connectivity index (χ2v) is 4.12. The number of carbonyl (C=O) groups is 1. The van der Waals surface area contributed by atoms with Crippen molar-refractivity contribution < 1.29 is 19.0 Å². The van der Waals surface area contributed by atoms with Crippen LogP contribution in [0.4, 0.5) is 0 Å². The van der Waals surface area contributed by atoms with E-state index in [9.17, 15) is 4.79 Å². The van der Waals surface area contributed by atoms with E-state index in [1.165, 1.54) is 0 Å². The molecule has 2 N–H and O–H groups in total. The summed E-state index contributed by atoms with van der Waals surface area (Å²) in [6.45, 7) is 7.06. The van der Waals surface area contributed by atoms with E-state index in [1.54, 1.807) is 31.2 Å². The number of ether oxygens (including phenoxy) is 3. The minimum Gasteiger partial charge on any atom is -0.462 e. The van der Waals surface area contributed by atoms with Gasteiger partial charge in [-0.3, -0.25) is 0 Å². The first-order chi connectivity index (χ1) is 9.63. The van der Waals surface area contributed by atoms with Gasteiger partial charge in [-0.15, -0.1) is 0 Å². The molecule has 0 saturated carbocycles. The lowest BCUT2D eigenvalue weighted by molar-refractivity contribution is -0.235. The largest absolute Gasteiger partial charge is 0.462 e. The van der Waals surface area contributed by atoms with Crippen molar-refractivity contribution in [2.75, 3.05) is 26.4 Å². The first-order valence-corrected chi connectivity index (χ1v) is 6.89. The summed E-state index contributed by atoms with van der Waals surface area (Å²) in [6, 6.07) is 6.94. The normalized spacial score (nSPS) is 11.4. The van der Waals surface area contributed by atoms with Crippen LogP contribution in [0.25, 0.3) is 0 Å². The van der Waals surface area contributed by atoms with E-state index < -0.39 is 5.79 Å². The Morgan fingerprint density at radius 2 is 1.60 bits per heavy atom. The topological polar surface area (TPSA) is 70.8 Å². The predicted molar refractivity (Wildman–Crippen MR) is 76.4 cm³/mol. The van der Waals surface area contributed by atoms with E-state index in [0.29, 0.717) is 25.4 Å². The summed E-state index contributed by atoms with van der Waals surface area (Å²) in [5.74, 6) is -1.30. The van der Waals surface area contributed by atoms with Gasteiger partial charge in [0, 0.05) is 18.8 Å². The van der Waals surface area contributed by atoms with Crippen LogP contribution in [0.1, 0.15) is 36.7 Å². The zero-order chi connectivity index (χ0) is 15.0. The highest BCUT2D eigenvalue weighted by Gasteiger charge is 2.32. The molecule has 1 rings (SSSR count). The van der Waals surface area contributed by atoms with Gasteiger partial charge in [0.15, 0.2) is 0 Å². The van der Waals surface area contributed by atoms with Crippen LogP contribution < -0.4 is 5.73 Å². The van der Waals surface area contributed by atoms with Gasteiger partial charge in [-0.25, -0.2) is 4.79 Å². The fourth-order valence-electron chi connectivity index (χ4n) is 1.99. The lowest BCUT2D eigenvalue weighted by Gasteiger charge is -2.32. The minimum absolute atomic E-state index is 0.202. The smallest absolute Gasteiger partial charge is 0.338 e. The first-order valence-electron chi connectivity index (χ1n) is 6.89. The van der Waals surface area contributed by atoms with Gasteiger partial charge in [0.1, 0.15) is 0 Å². The van der Waals surface area contributed by atoms with Gasteiger partial charge in [0.2, 0.25) is 5.79 Å². The van der Waals surface area contributed by atoms with Crippen molar-refractivity contribution in [2.24, 2.45) is 5.73 Å². The van der Waals surface area contributed by atoms with Gasteiger partial charge in [0.25, 0.3) is 0 Å². The standard InChI is InChI=1S/C15H23NO4/c1-4-18-14(17)12-7-9-13(10-8-12)15(11-16,19-5-2)20-6-3/h7-10H,4-6,11,16H2,1-3H3. The van der Waals surface area contributed by atoms with Gasteiger partial charge in [-0.05, 0) is 32.9 Å². The number of hydrogen-bond acceptors (Lipinski definition) is 5. The van der Waals surface area contributed by atoms with Crippen molar-refractivity contribution in [3.8, 4) is 0 Å². The van der Waals surface area contributed by atoms with Gasteiger partial charge in [0.05, 0.1) is 18.7 Å². The maximum absolute atomic E-state index is 11.6. The summed E-state index contributed by atoms with van der Waals surface area (Å²) >= 11 is 0. The number of esters is 1. The molecule has 0 heterocycles. The molecule has 0 atom stereocenters. The van der Waals surface area contributed by atoms with Gasteiger partial charge in [-0.2, -0.15) is 0 Å². The van der Waals surface area contributed by atoms with Crippen molar-refractivity contribution in [1.29, 1.82) is 0 Å². The second kappa shape index (κ2) is 7.99. The summed E-state index contributed by atoms with van der Waals surface area (Å²) in [4.78, 5) is 11.6. The summed E-state index contributed by atoms with van der Waals surface area (Å²) in [7, 11) is 0. The van der Waals surface area contributed by atoms with Crippen LogP contribution in [0.2, 0.25) is 0 Å². The average Bonchev–Trinajstić information content (AvgIpc) is 2.47. The minimum atomic E-state index is -0.962. The maximum Gasteiger partial charge on any atom is 0.338 e. The van der Waals surface area contributed by atoms with Crippen LogP contribution in [-0.2, 0) is 20.0 Å². The molecule has 0 aliphatic heterocycles. The molecule has 0 bridgehead atoms. The number of benzene rings is 1. The Bertz CT molecular complexity index is 410. The molecule has 0 spiro atoms. The Labute approximate surface area is 120 Å². The van der Waals surface area contributed by atoms with Crippen LogP contribution in [0, 0.1) is 0 Å². The third-order valence-electron chi connectivity index (χ3n) is 2.86. The molecule has 1 aromatic rings. The molecule has 1 aromatic carbocycles. The Morgan fingerprint density at radius 3 is 2.00 bits per heavy atom. The summed E-state index contributed by atoms with van der Waals surface area (Å²) < 4.78 is 16.3. The first kappa shape index (κ1) is 16.6. The van der Waals surface area contributed by atoms with Crippen molar-refractivity contribution in [1.82, 2.24) is 0 Å². The zero-order valence-corrected chi connectivity index (χ0v) is 12.3. The number of hydrogen-bond donors (Lipinski definition) is 1. The number of nitrogens with two attached hydrogens (primary N) is 1. The van der Waals surface area contributed by atoms with Crippen molar-refractivity contribution in [2.45, 2.75) is 26.6 Å². The Morgan fingerprint density at radius 1 is 1.05 bits per heavy atom. The summed E-state index contributed by atoms with van der Waals surface area (Å²) in [5, 5.41) is 0. The van der Waals surface area contributed by atoms with E-state index in [0.717, 1.165) is 5.56 Å². The van der Waals surface area contributed by atoms with Gasteiger partial charge in [-0.1, -0.05) is 12.1 Å². The third kappa shape index (κ3) is 3.79. The molecule has 5 heteroatoms. The third-order valence-corrected chi connectivity index (χ3v) is 2.86. The molecule has 0 fully saturated rings. The van der Waals surface area contributed by atoms with Crippen LogP contribution in [-0.4, -0.2) is 32.3 Å². The lowest BCUT2D eigenvalue weighted by atomic mass is 10.0. The Hall–Kier alpha value is -1.43. The average molecular weight is 281 g/mol. The highest BCUT2D eigenvalue weighted by Crippen LogP contribution is 2.27. The summed E-state index contributed by atoms with van der Waals surface area (Å²) in [6.07, 6.45) is 0.